The predicted molar refractivity (Wildman–Crippen MR) is 60.5 cm³/mol. The van der Waals surface area contributed by atoms with E-state index in [0.717, 1.165) is 25.9 Å². The van der Waals surface area contributed by atoms with Crippen LogP contribution < -0.4 is 5.32 Å². The van der Waals surface area contributed by atoms with Crippen molar-refractivity contribution < 1.29 is 9.53 Å². The summed E-state index contributed by atoms with van der Waals surface area (Å²) in [5.41, 5.74) is 1.29. The second-order valence-electron chi connectivity index (χ2n) is 3.76. The number of thiophene rings is 1. The Morgan fingerprint density at radius 1 is 1.53 bits per heavy atom. The topological polar surface area (TPSA) is 38.3 Å². The van der Waals surface area contributed by atoms with Crippen LogP contribution in [0.25, 0.3) is 0 Å². The molecule has 0 spiro atoms. The van der Waals surface area contributed by atoms with E-state index in [2.05, 4.69) is 10.7 Å². The summed E-state index contributed by atoms with van der Waals surface area (Å²) in [6.07, 6.45) is 2.33. The summed E-state index contributed by atoms with van der Waals surface area (Å²) in [6, 6.07) is 1.98. The molecular weight excluding hydrogens is 210 g/mol. The summed E-state index contributed by atoms with van der Waals surface area (Å²) in [6.45, 7) is 2.15. The third kappa shape index (κ3) is 2.38. The maximum atomic E-state index is 11.3. The zero-order chi connectivity index (χ0) is 10.7. The minimum Gasteiger partial charge on any atom is -0.465 e. The molecule has 0 bridgehead atoms. The van der Waals surface area contributed by atoms with Gasteiger partial charge in [0, 0.05) is 0 Å². The predicted octanol–water partition coefficient (Wildman–Crippen LogP) is 2.00. The molecule has 0 amide bonds. The van der Waals surface area contributed by atoms with E-state index in [0.29, 0.717) is 10.8 Å². The van der Waals surface area contributed by atoms with Crippen molar-refractivity contribution in [1.82, 2.24) is 5.32 Å². The maximum absolute atomic E-state index is 11.3. The molecule has 2 heterocycles. The number of hydrogen-bond acceptors (Lipinski definition) is 4. The number of rotatable bonds is 2. The first kappa shape index (κ1) is 10.6. The number of ether oxygens (including phenoxy) is 1. The molecule has 82 valence electrons. The van der Waals surface area contributed by atoms with Crippen molar-refractivity contribution in [2.45, 2.75) is 18.8 Å². The fraction of sp³-hybridized carbons (Fsp3) is 0.545. The SMILES string of the molecule is COC(=O)c1cc(C2CCNCC2)cs1. The van der Waals surface area contributed by atoms with E-state index < -0.39 is 0 Å². The second-order valence-corrected chi connectivity index (χ2v) is 4.67. The third-order valence-corrected chi connectivity index (χ3v) is 3.75. The van der Waals surface area contributed by atoms with Crippen LogP contribution in [0.2, 0.25) is 0 Å². The first-order valence-electron chi connectivity index (χ1n) is 5.18. The molecule has 0 unspecified atom stereocenters. The minimum atomic E-state index is -0.222. The lowest BCUT2D eigenvalue weighted by atomic mass is 9.92. The fourth-order valence-corrected chi connectivity index (χ4v) is 2.84. The Morgan fingerprint density at radius 2 is 2.27 bits per heavy atom. The van der Waals surface area contributed by atoms with Gasteiger partial charge in [-0.3, -0.25) is 0 Å². The first-order valence-corrected chi connectivity index (χ1v) is 6.06. The van der Waals surface area contributed by atoms with Crippen LogP contribution in [0.15, 0.2) is 11.4 Å². The molecule has 1 N–H and O–H groups in total. The number of hydrogen-bond donors (Lipinski definition) is 1. The molecule has 1 fully saturated rings. The van der Waals surface area contributed by atoms with E-state index in [1.807, 2.05) is 6.07 Å². The van der Waals surface area contributed by atoms with Crippen LogP contribution in [0.3, 0.4) is 0 Å². The van der Waals surface area contributed by atoms with Gasteiger partial charge in [0.1, 0.15) is 4.88 Å². The van der Waals surface area contributed by atoms with Gasteiger partial charge in [0.2, 0.25) is 0 Å². The number of carbonyl (C=O) groups is 1. The van der Waals surface area contributed by atoms with E-state index in [1.54, 1.807) is 0 Å². The van der Waals surface area contributed by atoms with Crippen LogP contribution >= 0.6 is 11.3 Å². The van der Waals surface area contributed by atoms with Gasteiger partial charge in [-0.05, 0) is 48.9 Å². The highest BCUT2D eigenvalue weighted by molar-refractivity contribution is 7.12. The molecule has 1 aliphatic rings. The average Bonchev–Trinajstić information content (AvgIpc) is 2.78. The van der Waals surface area contributed by atoms with E-state index in [-0.39, 0.29) is 5.97 Å². The largest absolute Gasteiger partial charge is 0.465 e. The first-order chi connectivity index (χ1) is 7.31. The van der Waals surface area contributed by atoms with Crippen molar-refractivity contribution >= 4 is 17.3 Å². The van der Waals surface area contributed by atoms with Crippen molar-refractivity contribution in [3.8, 4) is 0 Å². The standard InChI is InChI=1S/C11H15NO2S/c1-14-11(13)10-6-9(7-15-10)8-2-4-12-5-3-8/h6-8,12H,2-5H2,1H3. The fourth-order valence-electron chi connectivity index (χ4n) is 1.93. The summed E-state index contributed by atoms with van der Waals surface area (Å²) in [4.78, 5) is 12.0. The van der Waals surface area contributed by atoms with Crippen LogP contribution in [0, 0.1) is 0 Å². The Bertz CT molecular complexity index is 342. The second kappa shape index (κ2) is 4.77. The lowest BCUT2D eigenvalue weighted by molar-refractivity contribution is 0.0606. The van der Waals surface area contributed by atoms with Crippen LogP contribution in [-0.4, -0.2) is 26.2 Å². The summed E-state index contributed by atoms with van der Waals surface area (Å²) in [5.74, 6) is 0.390. The van der Waals surface area contributed by atoms with Gasteiger partial charge in [0.05, 0.1) is 7.11 Å². The van der Waals surface area contributed by atoms with Gasteiger partial charge >= 0.3 is 5.97 Å². The number of carbonyl (C=O) groups excluding carboxylic acids is 1. The molecule has 4 heteroatoms. The highest BCUT2D eigenvalue weighted by Crippen LogP contribution is 2.29. The maximum Gasteiger partial charge on any atom is 0.348 e. The average molecular weight is 225 g/mol. The third-order valence-electron chi connectivity index (χ3n) is 2.82. The van der Waals surface area contributed by atoms with Crippen molar-refractivity contribution in [3.05, 3.63) is 21.9 Å². The molecule has 15 heavy (non-hydrogen) atoms. The zero-order valence-electron chi connectivity index (χ0n) is 8.79. The Balaban J connectivity index is 2.08. The van der Waals surface area contributed by atoms with Crippen molar-refractivity contribution in [1.29, 1.82) is 0 Å². The minimum absolute atomic E-state index is 0.222. The Kier molecular flexibility index (Phi) is 3.38. The lowest BCUT2D eigenvalue weighted by Crippen LogP contribution is -2.26. The quantitative estimate of drug-likeness (QED) is 0.782. The van der Waals surface area contributed by atoms with Gasteiger partial charge in [0.15, 0.2) is 0 Å². The van der Waals surface area contributed by atoms with Gasteiger partial charge in [0.25, 0.3) is 0 Å². The van der Waals surface area contributed by atoms with Gasteiger partial charge in [-0.1, -0.05) is 0 Å². The van der Waals surface area contributed by atoms with Crippen molar-refractivity contribution in [2.24, 2.45) is 0 Å². The van der Waals surface area contributed by atoms with Crippen molar-refractivity contribution in [3.63, 3.8) is 0 Å². The number of piperidine rings is 1. The van der Waals surface area contributed by atoms with E-state index >= 15 is 0 Å². The van der Waals surface area contributed by atoms with Gasteiger partial charge in [-0.25, -0.2) is 4.79 Å². The Morgan fingerprint density at radius 3 is 2.93 bits per heavy atom. The molecule has 0 radical (unpaired) electrons. The summed E-state index contributed by atoms with van der Waals surface area (Å²) < 4.78 is 4.70. The molecule has 2 rings (SSSR count). The molecule has 1 aromatic heterocycles. The zero-order valence-corrected chi connectivity index (χ0v) is 9.60. The normalized spacial score (nSPS) is 17.7. The van der Waals surface area contributed by atoms with E-state index in [4.69, 9.17) is 4.74 Å². The molecule has 0 aromatic carbocycles. The van der Waals surface area contributed by atoms with Gasteiger partial charge in [-0.2, -0.15) is 0 Å². The van der Waals surface area contributed by atoms with Gasteiger partial charge in [-0.15, -0.1) is 11.3 Å². The number of esters is 1. The van der Waals surface area contributed by atoms with Crippen LogP contribution in [0.1, 0.15) is 34.0 Å². The summed E-state index contributed by atoms with van der Waals surface area (Å²) in [7, 11) is 1.42. The molecule has 1 saturated heterocycles. The molecule has 0 atom stereocenters. The number of nitrogens with one attached hydrogen (secondary N) is 1. The summed E-state index contributed by atoms with van der Waals surface area (Å²) in [5, 5.41) is 5.42. The smallest absolute Gasteiger partial charge is 0.348 e. The highest BCUT2D eigenvalue weighted by atomic mass is 32.1. The van der Waals surface area contributed by atoms with E-state index in [1.165, 1.54) is 24.0 Å². The summed E-state index contributed by atoms with van der Waals surface area (Å²) >= 11 is 1.48. The van der Waals surface area contributed by atoms with Crippen molar-refractivity contribution in [2.75, 3.05) is 20.2 Å². The van der Waals surface area contributed by atoms with Crippen LogP contribution in [0.4, 0.5) is 0 Å². The molecule has 1 aliphatic heterocycles. The molecule has 1 aromatic rings. The monoisotopic (exact) mass is 225 g/mol. The van der Waals surface area contributed by atoms with Crippen LogP contribution in [-0.2, 0) is 4.74 Å². The molecular formula is C11H15NO2S. The highest BCUT2D eigenvalue weighted by Gasteiger charge is 2.18. The lowest BCUT2D eigenvalue weighted by Gasteiger charge is -2.21. The van der Waals surface area contributed by atoms with Gasteiger partial charge < -0.3 is 10.1 Å². The molecule has 0 aliphatic carbocycles. The Labute approximate surface area is 93.4 Å². The molecule has 3 nitrogen and oxygen atoms in total. The number of methoxy groups -OCH3 is 1. The Hall–Kier alpha value is -0.870. The van der Waals surface area contributed by atoms with E-state index in [9.17, 15) is 4.79 Å². The van der Waals surface area contributed by atoms with Crippen LogP contribution in [0.5, 0.6) is 0 Å². The molecule has 0 saturated carbocycles.